The average molecular weight is 295 g/mol. The zero-order valence-electron chi connectivity index (χ0n) is 13.2. The number of nitrogens with zero attached hydrogens (tertiary/aromatic N) is 1. The van der Waals surface area contributed by atoms with Gasteiger partial charge in [-0.25, -0.2) is 4.39 Å². The number of benzene rings is 1. The van der Waals surface area contributed by atoms with E-state index in [1.165, 1.54) is 18.9 Å². The van der Waals surface area contributed by atoms with Crippen LogP contribution in [0.25, 0.3) is 0 Å². The van der Waals surface area contributed by atoms with Gasteiger partial charge in [-0.3, -0.25) is 4.99 Å². The Balaban J connectivity index is 2.47. The van der Waals surface area contributed by atoms with E-state index in [0.29, 0.717) is 12.1 Å². The second-order valence-electron chi connectivity index (χ2n) is 4.92. The van der Waals surface area contributed by atoms with Crippen molar-refractivity contribution in [2.75, 3.05) is 20.7 Å². The molecule has 0 heterocycles. The molecule has 0 fully saturated rings. The SMILES string of the molecule is CCCCCNC(=NC)NCc1ccc(F)c(COC)c1. The van der Waals surface area contributed by atoms with Gasteiger partial charge in [-0.1, -0.05) is 25.8 Å². The number of nitrogens with one attached hydrogen (secondary N) is 2. The Kier molecular flexibility index (Phi) is 8.43. The first-order chi connectivity index (χ1) is 10.2. The number of rotatable bonds is 8. The highest BCUT2D eigenvalue weighted by Crippen LogP contribution is 2.11. The Labute approximate surface area is 126 Å². The van der Waals surface area contributed by atoms with Crippen LogP contribution >= 0.6 is 0 Å². The van der Waals surface area contributed by atoms with Gasteiger partial charge in [0.15, 0.2) is 5.96 Å². The molecule has 2 N–H and O–H groups in total. The lowest BCUT2D eigenvalue weighted by Gasteiger charge is -2.12. The lowest BCUT2D eigenvalue weighted by molar-refractivity contribution is 0.181. The standard InChI is InChI=1S/C16H26FN3O/c1-4-5-6-9-19-16(18-2)20-11-13-7-8-15(17)14(10-13)12-21-3/h7-8,10H,4-6,9,11-12H2,1-3H3,(H2,18,19,20). The van der Waals surface area contributed by atoms with Gasteiger partial charge in [-0.05, 0) is 24.1 Å². The van der Waals surface area contributed by atoms with Crippen molar-refractivity contribution in [1.29, 1.82) is 0 Å². The molecule has 0 atom stereocenters. The molecule has 5 heteroatoms. The quantitative estimate of drug-likeness (QED) is 0.440. The minimum absolute atomic E-state index is 0.234. The Morgan fingerprint density at radius 3 is 2.76 bits per heavy atom. The normalized spacial score (nSPS) is 11.5. The molecule has 0 saturated carbocycles. The molecular weight excluding hydrogens is 269 g/mol. The zero-order valence-corrected chi connectivity index (χ0v) is 13.2. The number of hydrogen-bond donors (Lipinski definition) is 2. The van der Waals surface area contributed by atoms with Crippen LogP contribution in [0.5, 0.6) is 0 Å². The van der Waals surface area contributed by atoms with Gasteiger partial charge < -0.3 is 15.4 Å². The van der Waals surface area contributed by atoms with Crippen LogP contribution in [0.1, 0.15) is 37.3 Å². The van der Waals surface area contributed by atoms with E-state index in [0.717, 1.165) is 24.5 Å². The lowest BCUT2D eigenvalue weighted by Crippen LogP contribution is -2.37. The maximum atomic E-state index is 13.5. The van der Waals surface area contributed by atoms with E-state index < -0.39 is 0 Å². The smallest absolute Gasteiger partial charge is 0.191 e. The summed E-state index contributed by atoms with van der Waals surface area (Å²) in [6.45, 7) is 3.97. The fourth-order valence-electron chi connectivity index (χ4n) is 1.99. The van der Waals surface area contributed by atoms with Crippen molar-refractivity contribution in [3.05, 3.63) is 35.1 Å². The van der Waals surface area contributed by atoms with Gasteiger partial charge in [0.2, 0.25) is 0 Å². The molecule has 0 amide bonds. The average Bonchev–Trinajstić information content (AvgIpc) is 2.50. The van der Waals surface area contributed by atoms with Gasteiger partial charge in [-0.15, -0.1) is 0 Å². The van der Waals surface area contributed by atoms with Crippen LogP contribution in [0.4, 0.5) is 4.39 Å². The van der Waals surface area contributed by atoms with Gasteiger partial charge in [0, 0.05) is 32.8 Å². The highest BCUT2D eigenvalue weighted by atomic mass is 19.1. The van der Waals surface area contributed by atoms with E-state index in [-0.39, 0.29) is 12.4 Å². The Hall–Kier alpha value is -1.62. The molecule has 0 aliphatic carbocycles. The van der Waals surface area contributed by atoms with Crippen LogP contribution < -0.4 is 10.6 Å². The molecule has 0 aliphatic rings. The first kappa shape index (κ1) is 17.4. The number of ether oxygens (including phenoxy) is 1. The number of unbranched alkanes of at least 4 members (excludes halogenated alkanes) is 2. The summed E-state index contributed by atoms with van der Waals surface area (Å²) in [6, 6.07) is 5.06. The predicted molar refractivity (Wildman–Crippen MR) is 84.8 cm³/mol. The van der Waals surface area contributed by atoms with Crippen molar-refractivity contribution >= 4 is 5.96 Å². The maximum Gasteiger partial charge on any atom is 0.191 e. The van der Waals surface area contributed by atoms with Crippen molar-refractivity contribution in [2.45, 2.75) is 39.3 Å². The molecular formula is C16H26FN3O. The maximum absolute atomic E-state index is 13.5. The van der Waals surface area contributed by atoms with Crippen molar-refractivity contribution < 1.29 is 9.13 Å². The zero-order chi connectivity index (χ0) is 15.5. The van der Waals surface area contributed by atoms with E-state index in [4.69, 9.17) is 4.74 Å². The number of guanidine groups is 1. The van der Waals surface area contributed by atoms with Crippen LogP contribution in [-0.2, 0) is 17.9 Å². The summed E-state index contributed by atoms with van der Waals surface area (Å²) in [5.74, 6) is 0.534. The van der Waals surface area contributed by atoms with E-state index in [2.05, 4.69) is 22.5 Å². The summed E-state index contributed by atoms with van der Waals surface area (Å²) in [4.78, 5) is 4.17. The number of methoxy groups -OCH3 is 1. The third-order valence-corrected chi connectivity index (χ3v) is 3.17. The number of halogens is 1. The number of hydrogen-bond acceptors (Lipinski definition) is 2. The van der Waals surface area contributed by atoms with Crippen LogP contribution in [0, 0.1) is 5.82 Å². The molecule has 21 heavy (non-hydrogen) atoms. The van der Waals surface area contributed by atoms with E-state index >= 15 is 0 Å². The topological polar surface area (TPSA) is 45.7 Å². The molecule has 4 nitrogen and oxygen atoms in total. The molecule has 0 bridgehead atoms. The molecule has 0 unspecified atom stereocenters. The van der Waals surface area contributed by atoms with Gasteiger partial charge in [0.05, 0.1) is 6.61 Å². The molecule has 0 radical (unpaired) electrons. The molecule has 118 valence electrons. The summed E-state index contributed by atoms with van der Waals surface area (Å²) in [7, 11) is 3.31. The van der Waals surface area contributed by atoms with Crippen molar-refractivity contribution in [3.63, 3.8) is 0 Å². The predicted octanol–water partition coefficient (Wildman–Crippen LogP) is 2.83. The molecule has 0 aromatic heterocycles. The van der Waals surface area contributed by atoms with Crippen LogP contribution in [-0.4, -0.2) is 26.7 Å². The van der Waals surface area contributed by atoms with Crippen LogP contribution in [0.15, 0.2) is 23.2 Å². The minimum Gasteiger partial charge on any atom is -0.380 e. The second kappa shape index (κ2) is 10.2. The Morgan fingerprint density at radius 2 is 2.10 bits per heavy atom. The lowest BCUT2D eigenvalue weighted by atomic mass is 10.1. The monoisotopic (exact) mass is 295 g/mol. The van der Waals surface area contributed by atoms with Gasteiger partial charge in [0.25, 0.3) is 0 Å². The minimum atomic E-state index is -0.234. The Bertz CT molecular complexity index is 449. The van der Waals surface area contributed by atoms with Crippen molar-refractivity contribution in [1.82, 2.24) is 10.6 Å². The first-order valence-corrected chi connectivity index (χ1v) is 7.42. The molecule has 1 aromatic rings. The van der Waals surface area contributed by atoms with E-state index in [9.17, 15) is 4.39 Å². The Morgan fingerprint density at radius 1 is 1.29 bits per heavy atom. The van der Waals surface area contributed by atoms with Crippen molar-refractivity contribution in [3.8, 4) is 0 Å². The summed E-state index contributed by atoms with van der Waals surface area (Å²) in [5, 5.41) is 6.49. The summed E-state index contributed by atoms with van der Waals surface area (Å²) in [5.41, 5.74) is 1.57. The fourth-order valence-corrected chi connectivity index (χ4v) is 1.99. The third kappa shape index (κ3) is 6.58. The second-order valence-corrected chi connectivity index (χ2v) is 4.92. The highest BCUT2D eigenvalue weighted by Gasteiger charge is 2.04. The van der Waals surface area contributed by atoms with E-state index in [1.807, 2.05) is 6.07 Å². The fraction of sp³-hybridized carbons (Fsp3) is 0.562. The van der Waals surface area contributed by atoms with Gasteiger partial charge in [0.1, 0.15) is 5.82 Å². The largest absolute Gasteiger partial charge is 0.380 e. The highest BCUT2D eigenvalue weighted by molar-refractivity contribution is 5.79. The molecule has 1 aromatic carbocycles. The first-order valence-electron chi connectivity index (χ1n) is 7.42. The number of aliphatic imine (C=N–C) groups is 1. The summed E-state index contributed by atoms with van der Waals surface area (Å²) >= 11 is 0. The van der Waals surface area contributed by atoms with Crippen LogP contribution in [0.2, 0.25) is 0 Å². The summed E-state index contributed by atoms with van der Waals surface area (Å²) in [6.07, 6.45) is 3.54. The summed E-state index contributed by atoms with van der Waals surface area (Å²) < 4.78 is 18.5. The van der Waals surface area contributed by atoms with E-state index in [1.54, 1.807) is 20.2 Å². The molecule has 0 aliphatic heterocycles. The molecule has 0 spiro atoms. The van der Waals surface area contributed by atoms with Crippen LogP contribution in [0.3, 0.4) is 0 Å². The molecule has 1 rings (SSSR count). The molecule has 0 saturated heterocycles. The van der Waals surface area contributed by atoms with Crippen molar-refractivity contribution in [2.24, 2.45) is 4.99 Å². The van der Waals surface area contributed by atoms with Gasteiger partial charge >= 0.3 is 0 Å². The van der Waals surface area contributed by atoms with Gasteiger partial charge in [-0.2, -0.15) is 0 Å². The third-order valence-electron chi connectivity index (χ3n) is 3.17.